The summed E-state index contributed by atoms with van der Waals surface area (Å²) < 4.78 is 2.05. The number of fused-ring (bicyclic) bond motifs is 1. The van der Waals surface area contributed by atoms with Crippen LogP contribution in [0.1, 0.15) is 30.9 Å². The van der Waals surface area contributed by atoms with E-state index in [-0.39, 0.29) is 0 Å². The molecule has 0 unspecified atom stereocenters. The lowest BCUT2D eigenvalue weighted by molar-refractivity contribution is 0.779. The van der Waals surface area contributed by atoms with Crippen LogP contribution < -0.4 is 5.32 Å². The number of aromatic nitrogens is 2. The van der Waals surface area contributed by atoms with Gasteiger partial charge >= 0.3 is 0 Å². The normalized spacial score (nSPS) is 13.8. The second-order valence-electron chi connectivity index (χ2n) is 6.58. The lowest BCUT2D eigenvalue weighted by Crippen LogP contribution is -2.08. The van der Waals surface area contributed by atoms with Crippen molar-refractivity contribution in [1.82, 2.24) is 9.78 Å². The number of benzene rings is 2. The van der Waals surface area contributed by atoms with Crippen LogP contribution in [-0.4, -0.2) is 16.3 Å². The standard InChI is InChI=1S/C21H21Cl2N3/c1-2-14-7-3-4-9-19(14)26-21-16(8-5-6-12-24-21)20(25-26)17-13-15(22)10-11-18(17)23/h3-4,7,9-11,13,24H,2,5-6,8,12H2,1H3. The molecule has 2 heterocycles. The number of aryl methyl sites for hydroxylation is 1. The second-order valence-corrected chi connectivity index (χ2v) is 7.42. The molecule has 2 aromatic carbocycles. The molecular weight excluding hydrogens is 365 g/mol. The molecule has 0 spiro atoms. The first-order valence-electron chi connectivity index (χ1n) is 9.08. The summed E-state index contributed by atoms with van der Waals surface area (Å²) >= 11 is 12.7. The summed E-state index contributed by atoms with van der Waals surface area (Å²) in [5, 5.41) is 9.93. The molecule has 4 rings (SSSR count). The average molecular weight is 386 g/mol. The summed E-state index contributed by atoms with van der Waals surface area (Å²) in [6, 6.07) is 14.0. The number of para-hydroxylation sites is 1. The number of nitrogens with zero attached hydrogens (tertiary/aromatic N) is 2. The van der Waals surface area contributed by atoms with Gasteiger partial charge in [-0.3, -0.25) is 0 Å². The van der Waals surface area contributed by atoms with Crippen LogP contribution in [0, 0.1) is 0 Å². The molecule has 0 aliphatic carbocycles. The van der Waals surface area contributed by atoms with Crippen molar-refractivity contribution in [3.63, 3.8) is 0 Å². The highest BCUT2D eigenvalue weighted by Crippen LogP contribution is 2.38. The molecule has 1 aromatic heterocycles. The summed E-state index contributed by atoms with van der Waals surface area (Å²) in [5.74, 6) is 1.08. The van der Waals surface area contributed by atoms with E-state index in [0.717, 1.165) is 55.0 Å². The van der Waals surface area contributed by atoms with Crippen molar-refractivity contribution in [2.45, 2.75) is 32.6 Å². The van der Waals surface area contributed by atoms with Crippen molar-refractivity contribution in [3.8, 4) is 16.9 Å². The largest absolute Gasteiger partial charge is 0.370 e. The molecule has 1 aliphatic heterocycles. The molecule has 0 bridgehead atoms. The van der Waals surface area contributed by atoms with E-state index < -0.39 is 0 Å². The molecule has 3 aromatic rings. The highest BCUT2D eigenvalue weighted by molar-refractivity contribution is 6.35. The maximum absolute atomic E-state index is 6.50. The first kappa shape index (κ1) is 17.4. The fraction of sp³-hybridized carbons (Fsp3) is 0.286. The van der Waals surface area contributed by atoms with Gasteiger partial charge in [-0.1, -0.05) is 48.3 Å². The number of rotatable bonds is 3. The van der Waals surface area contributed by atoms with Gasteiger partial charge < -0.3 is 5.32 Å². The number of hydrogen-bond donors (Lipinski definition) is 1. The monoisotopic (exact) mass is 385 g/mol. The fourth-order valence-electron chi connectivity index (χ4n) is 3.59. The van der Waals surface area contributed by atoms with E-state index >= 15 is 0 Å². The molecule has 0 radical (unpaired) electrons. The summed E-state index contributed by atoms with van der Waals surface area (Å²) in [7, 11) is 0. The van der Waals surface area contributed by atoms with Crippen molar-refractivity contribution in [2.24, 2.45) is 0 Å². The molecular formula is C21H21Cl2N3. The van der Waals surface area contributed by atoms with Crippen LogP contribution in [0.2, 0.25) is 10.0 Å². The third-order valence-corrected chi connectivity index (χ3v) is 5.48. The molecule has 0 saturated heterocycles. The van der Waals surface area contributed by atoms with Crippen LogP contribution >= 0.6 is 23.2 Å². The highest BCUT2D eigenvalue weighted by atomic mass is 35.5. The minimum Gasteiger partial charge on any atom is -0.370 e. The second kappa shape index (κ2) is 7.34. The van der Waals surface area contributed by atoms with Crippen LogP contribution in [0.15, 0.2) is 42.5 Å². The lowest BCUT2D eigenvalue weighted by Gasteiger charge is -2.12. The summed E-state index contributed by atoms with van der Waals surface area (Å²) in [4.78, 5) is 0. The van der Waals surface area contributed by atoms with Gasteiger partial charge in [0.25, 0.3) is 0 Å². The van der Waals surface area contributed by atoms with Gasteiger partial charge in [-0.15, -0.1) is 0 Å². The Hall–Kier alpha value is -1.97. The number of hydrogen-bond acceptors (Lipinski definition) is 2. The Morgan fingerprint density at radius 1 is 1.12 bits per heavy atom. The smallest absolute Gasteiger partial charge is 0.133 e. The van der Waals surface area contributed by atoms with Gasteiger partial charge in [-0.25, -0.2) is 4.68 Å². The van der Waals surface area contributed by atoms with E-state index in [1.807, 2.05) is 22.9 Å². The molecule has 3 nitrogen and oxygen atoms in total. The van der Waals surface area contributed by atoms with Gasteiger partial charge in [-0.05, 0) is 55.5 Å². The van der Waals surface area contributed by atoms with Gasteiger partial charge in [0.15, 0.2) is 0 Å². The van der Waals surface area contributed by atoms with Gasteiger partial charge in [0, 0.05) is 22.7 Å². The van der Waals surface area contributed by atoms with Crippen LogP contribution in [0.25, 0.3) is 16.9 Å². The summed E-state index contributed by atoms with van der Waals surface area (Å²) in [5.41, 5.74) is 5.43. The van der Waals surface area contributed by atoms with E-state index in [2.05, 4.69) is 36.5 Å². The first-order chi connectivity index (χ1) is 12.7. The zero-order valence-corrected chi connectivity index (χ0v) is 16.2. The molecule has 1 N–H and O–H groups in total. The zero-order chi connectivity index (χ0) is 18.1. The highest BCUT2D eigenvalue weighted by Gasteiger charge is 2.23. The average Bonchev–Trinajstić information content (AvgIpc) is 2.84. The Balaban J connectivity index is 1.97. The van der Waals surface area contributed by atoms with E-state index in [9.17, 15) is 0 Å². The van der Waals surface area contributed by atoms with Crippen LogP contribution in [-0.2, 0) is 12.8 Å². The van der Waals surface area contributed by atoms with Gasteiger partial charge in [0.1, 0.15) is 5.82 Å². The molecule has 134 valence electrons. The minimum atomic E-state index is 0.670. The first-order valence-corrected chi connectivity index (χ1v) is 9.84. The van der Waals surface area contributed by atoms with Crippen LogP contribution in [0.4, 0.5) is 5.82 Å². The Labute approximate surface area is 163 Å². The SMILES string of the molecule is CCc1ccccc1-n1nc(-c2cc(Cl)ccc2Cl)c2c1NCCCC2. The fourth-order valence-corrected chi connectivity index (χ4v) is 3.97. The topological polar surface area (TPSA) is 29.9 Å². The van der Waals surface area contributed by atoms with Crippen molar-refractivity contribution in [1.29, 1.82) is 0 Å². The minimum absolute atomic E-state index is 0.670. The summed E-state index contributed by atoms with van der Waals surface area (Å²) in [6.45, 7) is 3.12. The molecule has 0 fully saturated rings. The molecule has 1 aliphatic rings. The maximum atomic E-state index is 6.50. The van der Waals surface area contributed by atoms with Crippen LogP contribution in [0.3, 0.4) is 0 Å². The molecule has 26 heavy (non-hydrogen) atoms. The maximum Gasteiger partial charge on any atom is 0.133 e. The molecule has 0 atom stereocenters. The molecule has 5 heteroatoms. The number of nitrogens with one attached hydrogen (secondary N) is 1. The third-order valence-electron chi connectivity index (χ3n) is 4.91. The van der Waals surface area contributed by atoms with Crippen molar-refractivity contribution >= 4 is 29.0 Å². The Morgan fingerprint density at radius 2 is 1.96 bits per heavy atom. The Morgan fingerprint density at radius 3 is 2.81 bits per heavy atom. The lowest BCUT2D eigenvalue weighted by atomic mass is 10.0. The summed E-state index contributed by atoms with van der Waals surface area (Å²) in [6.07, 6.45) is 4.21. The van der Waals surface area contributed by atoms with Crippen molar-refractivity contribution < 1.29 is 0 Å². The molecule has 0 saturated carbocycles. The predicted molar refractivity (Wildman–Crippen MR) is 110 cm³/mol. The van der Waals surface area contributed by atoms with Gasteiger partial charge in [0.2, 0.25) is 0 Å². The zero-order valence-electron chi connectivity index (χ0n) is 14.7. The van der Waals surface area contributed by atoms with E-state index in [1.165, 1.54) is 11.1 Å². The third kappa shape index (κ3) is 3.10. The van der Waals surface area contributed by atoms with Crippen LogP contribution in [0.5, 0.6) is 0 Å². The number of anilines is 1. The predicted octanol–water partition coefficient (Wildman–Crippen LogP) is 6.16. The van der Waals surface area contributed by atoms with Gasteiger partial charge in [0.05, 0.1) is 16.4 Å². The Kier molecular flexibility index (Phi) is 4.92. The Bertz CT molecular complexity index is 946. The van der Waals surface area contributed by atoms with Crippen molar-refractivity contribution in [2.75, 3.05) is 11.9 Å². The van der Waals surface area contributed by atoms with E-state index in [1.54, 1.807) is 0 Å². The van der Waals surface area contributed by atoms with E-state index in [0.29, 0.717) is 10.0 Å². The molecule has 0 amide bonds. The quantitative estimate of drug-likeness (QED) is 0.585. The van der Waals surface area contributed by atoms with E-state index in [4.69, 9.17) is 28.3 Å². The van der Waals surface area contributed by atoms with Crippen molar-refractivity contribution in [3.05, 3.63) is 63.6 Å². The van der Waals surface area contributed by atoms with Gasteiger partial charge in [-0.2, -0.15) is 5.10 Å². The number of halogens is 2.